The van der Waals surface area contributed by atoms with Crippen molar-refractivity contribution in [3.63, 3.8) is 0 Å². The van der Waals surface area contributed by atoms with E-state index in [0.717, 1.165) is 96.3 Å². The average molecular weight is 831 g/mol. The molecule has 0 aliphatic heterocycles. The van der Waals surface area contributed by atoms with E-state index in [1.807, 2.05) is 60.8 Å². The predicted molar refractivity (Wildman–Crippen MR) is 256 cm³/mol. The Hall–Kier alpha value is -3.93. The van der Waals surface area contributed by atoms with Crippen molar-refractivity contribution >= 4 is 17.9 Å². The summed E-state index contributed by atoms with van der Waals surface area (Å²) in [5.74, 6) is -1.01. The van der Waals surface area contributed by atoms with E-state index < -0.39 is 6.10 Å². The monoisotopic (exact) mass is 831 g/mol. The molecule has 6 nitrogen and oxygen atoms in total. The van der Waals surface area contributed by atoms with Crippen molar-refractivity contribution in [1.82, 2.24) is 0 Å². The summed E-state index contributed by atoms with van der Waals surface area (Å²) in [5, 5.41) is 0. The highest BCUT2D eigenvalue weighted by Gasteiger charge is 2.19. The van der Waals surface area contributed by atoms with Crippen LogP contribution >= 0.6 is 0 Å². The quantitative estimate of drug-likeness (QED) is 0.0201. The fourth-order valence-corrected chi connectivity index (χ4v) is 6.03. The number of ether oxygens (including phenoxy) is 3. The van der Waals surface area contributed by atoms with E-state index in [4.69, 9.17) is 14.2 Å². The van der Waals surface area contributed by atoms with Crippen LogP contribution in [0.5, 0.6) is 0 Å². The highest BCUT2D eigenvalue weighted by molar-refractivity contribution is 5.71. The molecule has 0 amide bonds. The first kappa shape index (κ1) is 56.1. The van der Waals surface area contributed by atoms with E-state index in [2.05, 4.69) is 69.4 Å². The van der Waals surface area contributed by atoms with E-state index in [0.29, 0.717) is 12.8 Å². The maximum Gasteiger partial charge on any atom is 0.306 e. The molecule has 0 aliphatic rings. The van der Waals surface area contributed by atoms with E-state index in [-0.39, 0.29) is 37.5 Å². The summed E-state index contributed by atoms with van der Waals surface area (Å²) >= 11 is 0. The smallest absolute Gasteiger partial charge is 0.306 e. The Balaban J connectivity index is 4.55. The largest absolute Gasteiger partial charge is 0.462 e. The summed E-state index contributed by atoms with van der Waals surface area (Å²) < 4.78 is 16.7. The molecule has 338 valence electrons. The lowest BCUT2D eigenvalue weighted by Crippen LogP contribution is -2.30. The summed E-state index contributed by atoms with van der Waals surface area (Å²) in [6.07, 6.45) is 63.5. The lowest BCUT2D eigenvalue weighted by Gasteiger charge is -2.18. The molecule has 0 rings (SSSR count). The molecule has 0 N–H and O–H groups in total. The van der Waals surface area contributed by atoms with Crippen molar-refractivity contribution in [2.75, 3.05) is 13.2 Å². The molecular formula is C54H86O6. The van der Waals surface area contributed by atoms with Crippen molar-refractivity contribution in [3.05, 3.63) is 109 Å². The van der Waals surface area contributed by atoms with Gasteiger partial charge in [-0.3, -0.25) is 14.4 Å². The second kappa shape index (κ2) is 47.7. The molecule has 60 heavy (non-hydrogen) atoms. The van der Waals surface area contributed by atoms with Crippen molar-refractivity contribution in [2.24, 2.45) is 0 Å². The van der Waals surface area contributed by atoms with Crippen LogP contribution in [0.3, 0.4) is 0 Å². The van der Waals surface area contributed by atoms with Crippen LogP contribution in [-0.2, 0) is 28.6 Å². The molecule has 0 spiro atoms. The van der Waals surface area contributed by atoms with Crippen LogP contribution in [-0.4, -0.2) is 37.2 Å². The van der Waals surface area contributed by atoms with E-state index in [1.54, 1.807) is 0 Å². The van der Waals surface area contributed by atoms with Crippen LogP contribution in [0.2, 0.25) is 0 Å². The molecular weight excluding hydrogens is 745 g/mol. The van der Waals surface area contributed by atoms with Crippen LogP contribution in [0.1, 0.15) is 194 Å². The molecule has 0 heterocycles. The third kappa shape index (κ3) is 45.2. The summed E-state index contributed by atoms with van der Waals surface area (Å²) in [5.41, 5.74) is 0. The molecule has 0 fully saturated rings. The minimum Gasteiger partial charge on any atom is -0.462 e. The Labute approximate surface area is 368 Å². The van der Waals surface area contributed by atoms with Crippen molar-refractivity contribution in [3.8, 4) is 0 Å². The van der Waals surface area contributed by atoms with Crippen LogP contribution in [0, 0.1) is 0 Å². The van der Waals surface area contributed by atoms with Gasteiger partial charge >= 0.3 is 17.9 Å². The number of rotatable bonds is 41. The van der Waals surface area contributed by atoms with Gasteiger partial charge in [-0.2, -0.15) is 0 Å². The summed E-state index contributed by atoms with van der Waals surface area (Å²) in [4.78, 5) is 37.8. The first-order valence-corrected chi connectivity index (χ1v) is 24.0. The first-order valence-electron chi connectivity index (χ1n) is 24.0. The number of unbranched alkanes of at least 4 members (excludes halogenated alkanes) is 18. The molecule has 0 aromatic carbocycles. The number of allylic oxidation sites excluding steroid dienone is 18. The molecule has 0 aromatic heterocycles. The van der Waals surface area contributed by atoms with Crippen LogP contribution in [0.15, 0.2) is 109 Å². The zero-order chi connectivity index (χ0) is 43.7. The van der Waals surface area contributed by atoms with Gasteiger partial charge in [0, 0.05) is 19.3 Å². The van der Waals surface area contributed by atoms with Crippen molar-refractivity contribution in [1.29, 1.82) is 0 Å². The standard InChI is InChI=1S/C54H86O6/c1-4-7-10-13-16-19-22-24-26-27-28-30-32-35-38-41-44-47-53(56)59-50-51(49-58-52(55)46-43-40-37-34-31-21-18-15-12-9-6-3)60-54(57)48-45-42-39-36-33-29-25-23-20-17-14-11-8-5-2/h7,10,13,15-16,18-19,21-22,24,26-33,51H,4-6,8-9,11-12,14,17,20,23,25,34-50H2,1-3H3/b10-7-,16-13-,18-15-,22-19-,26-24-,28-27+,31-21-,32-30-,33-29-. The number of hydrogen-bond donors (Lipinski definition) is 0. The van der Waals surface area contributed by atoms with Gasteiger partial charge in [0.1, 0.15) is 13.2 Å². The zero-order valence-electron chi connectivity index (χ0n) is 38.4. The minimum absolute atomic E-state index is 0.115. The van der Waals surface area contributed by atoms with Gasteiger partial charge in [-0.25, -0.2) is 0 Å². The summed E-state index contributed by atoms with van der Waals surface area (Å²) in [6, 6.07) is 0. The minimum atomic E-state index is -0.815. The Morgan fingerprint density at radius 3 is 1.13 bits per heavy atom. The Bertz CT molecular complexity index is 1280. The molecule has 0 saturated heterocycles. The summed E-state index contributed by atoms with van der Waals surface area (Å²) in [7, 11) is 0. The number of hydrogen-bond acceptors (Lipinski definition) is 6. The Morgan fingerprint density at radius 1 is 0.350 bits per heavy atom. The second-order valence-electron chi connectivity index (χ2n) is 15.5. The first-order chi connectivity index (χ1) is 29.5. The zero-order valence-corrected chi connectivity index (χ0v) is 38.4. The van der Waals surface area contributed by atoms with Gasteiger partial charge in [0.15, 0.2) is 6.10 Å². The van der Waals surface area contributed by atoms with Gasteiger partial charge in [0.05, 0.1) is 0 Å². The molecule has 0 bridgehead atoms. The molecule has 1 atom stereocenters. The third-order valence-corrected chi connectivity index (χ3v) is 9.67. The van der Waals surface area contributed by atoms with Gasteiger partial charge < -0.3 is 14.2 Å². The van der Waals surface area contributed by atoms with Crippen LogP contribution < -0.4 is 0 Å². The fraction of sp³-hybridized carbons (Fsp3) is 0.611. The van der Waals surface area contributed by atoms with E-state index in [1.165, 1.54) is 57.8 Å². The highest BCUT2D eigenvalue weighted by atomic mass is 16.6. The fourth-order valence-electron chi connectivity index (χ4n) is 6.03. The predicted octanol–water partition coefficient (Wildman–Crippen LogP) is 15.6. The van der Waals surface area contributed by atoms with Crippen molar-refractivity contribution < 1.29 is 28.6 Å². The lowest BCUT2D eigenvalue weighted by atomic mass is 10.1. The van der Waals surface area contributed by atoms with Gasteiger partial charge in [0.25, 0.3) is 0 Å². The van der Waals surface area contributed by atoms with E-state index in [9.17, 15) is 14.4 Å². The van der Waals surface area contributed by atoms with Crippen LogP contribution in [0.25, 0.3) is 0 Å². The Morgan fingerprint density at radius 2 is 0.683 bits per heavy atom. The second-order valence-corrected chi connectivity index (χ2v) is 15.5. The highest BCUT2D eigenvalue weighted by Crippen LogP contribution is 2.12. The number of carbonyl (C=O) groups is 3. The summed E-state index contributed by atoms with van der Waals surface area (Å²) in [6.45, 7) is 6.33. The van der Waals surface area contributed by atoms with Gasteiger partial charge in [0.2, 0.25) is 0 Å². The van der Waals surface area contributed by atoms with Crippen molar-refractivity contribution in [2.45, 2.75) is 200 Å². The maximum atomic E-state index is 12.7. The molecule has 0 radical (unpaired) electrons. The molecule has 0 saturated carbocycles. The average Bonchev–Trinajstić information content (AvgIpc) is 3.24. The molecule has 0 aromatic rings. The third-order valence-electron chi connectivity index (χ3n) is 9.67. The van der Waals surface area contributed by atoms with Crippen LogP contribution in [0.4, 0.5) is 0 Å². The topological polar surface area (TPSA) is 78.9 Å². The molecule has 0 aliphatic carbocycles. The van der Waals surface area contributed by atoms with Gasteiger partial charge in [-0.05, 0) is 83.5 Å². The molecule has 6 heteroatoms. The SMILES string of the molecule is CC\C=C/C=C\C=C/C=C\C=C\C=C/CCCCCC(=O)OCC(COC(=O)CCCCC/C=C\C=C/CCCC)OC(=O)CCCCC/C=C\CCCCCCCCC. The number of esters is 3. The normalized spacial score (nSPS) is 13.1. The lowest BCUT2D eigenvalue weighted by molar-refractivity contribution is -0.167. The molecule has 1 unspecified atom stereocenters. The number of carbonyl (C=O) groups excluding carboxylic acids is 3. The van der Waals surface area contributed by atoms with Gasteiger partial charge in [-0.1, -0.05) is 201 Å². The Kier molecular flexibility index (Phi) is 44.6. The van der Waals surface area contributed by atoms with Gasteiger partial charge in [-0.15, -0.1) is 0 Å². The van der Waals surface area contributed by atoms with E-state index >= 15 is 0 Å². The maximum absolute atomic E-state index is 12.7.